The molecule has 1 aromatic heterocycles. The van der Waals surface area contributed by atoms with Crippen LogP contribution < -0.4 is 31.9 Å². The first-order chi connectivity index (χ1) is 37.8. The topological polar surface area (TPSA) is 211 Å². The Morgan fingerprint density at radius 2 is 1.49 bits per heavy atom. The van der Waals surface area contributed by atoms with Gasteiger partial charge in [-0.1, -0.05) is 99.5 Å². The Morgan fingerprint density at radius 1 is 0.821 bits per heavy atom. The van der Waals surface area contributed by atoms with E-state index in [2.05, 4.69) is 48.7 Å². The van der Waals surface area contributed by atoms with E-state index < -0.39 is 17.5 Å². The first kappa shape index (κ1) is 58.4. The monoisotopic (exact) mass is 1080 g/mol. The number of hydrogen-bond donors (Lipinski definition) is 6. The van der Waals surface area contributed by atoms with Crippen molar-refractivity contribution >= 4 is 63.5 Å². The predicted molar refractivity (Wildman–Crippen MR) is 304 cm³/mol. The maximum Gasteiger partial charge on any atom is 0.296 e. The van der Waals surface area contributed by atoms with Gasteiger partial charge < -0.3 is 55.7 Å². The summed E-state index contributed by atoms with van der Waals surface area (Å²) in [5.74, 6) is 4.10. The van der Waals surface area contributed by atoms with Crippen molar-refractivity contribution in [3.8, 4) is 22.3 Å². The average molecular weight is 1080 g/mol. The molecule has 0 radical (unpaired) electrons. The van der Waals surface area contributed by atoms with Crippen molar-refractivity contribution in [2.24, 2.45) is 5.41 Å². The number of aromatic nitrogens is 1. The van der Waals surface area contributed by atoms with Gasteiger partial charge >= 0.3 is 0 Å². The van der Waals surface area contributed by atoms with E-state index in [0.717, 1.165) is 44.1 Å². The van der Waals surface area contributed by atoms with Gasteiger partial charge in [0.05, 0.1) is 85.9 Å². The molecular weight excluding hydrogens is 1010 g/mol. The van der Waals surface area contributed by atoms with Gasteiger partial charge in [0.25, 0.3) is 11.8 Å². The van der Waals surface area contributed by atoms with Gasteiger partial charge in [-0.05, 0) is 78.6 Å². The largest absolute Gasteiger partial charge is 0.379 e. The number of amides is 5. The molecule has 4 aromatic carbocycles. The zero-order chi connectivity index (χ0) is 55.3. The number of thiazole rings is 1. The third kappa shape index (κ3) is 17.1. The van der Waals surface area contributed by atoms with Crippen molar-refractivity contribution in [1.82, 2.24) is 31.2 Å². The Bertz CT molecular complexity index is 2910. The lowest BCUT2D eigenvalue weighted by molar-refractivity contribution is -0.144. The SMILES string of the molecule is CCNC(=O)C#Cc1ccc2c(c1)NC(=O)/C2=C(\Nc1ccc(CNCCOCCOCCOCCOCCC(=O)N[C@H](C(=O)N2CCC[C@H]2C(=O)NCc2ccc(-c3scnc3C)cc2)C(C)(C)C)cc1)c1ccccc1. The standard InChI is InChI=1S/C60H72N8O9S/c1-6-62-51(69)25-19-42-18-24-48-49(37-42)66-58(72)53(48)54(45-11-8-7-9-12-45)65-47-22-16-43(17-23-47)38-61-27-30-75-32-34-77-36-35-76-33-31-74-29-26-52(70)67-56(60(3,4)5)59(73)68-28-10-13-50(68)57(71)63-39-44-14-20-46(21-15-44)55-41(2)64-40-78-55/h7-9,11-12,14-18,20-24,37,40,50,56,61,65H,6,10,13,26-36,38-39H2,1-5H3,(H,62,69)(H,63,71)(H,66,72)(H,67,70)/b54-53-/t50-,56+/m0/s1. The average Bonchev–Trinajstić information content (AvgIpc) is 4.22. The number of rotatable bonds is 27. The summed E-state index contributed by atoms with van der Waals surface area (Å²) in [4.78, 5) is 72.8. The number of benzene rings is 4. The van der Waals surface area contributed by atoms with Gasteiger partial charge in [0.15, 0.2) is 0 Å². The number of aryl methyl sites for hydroxylation is 1. The number of nitrogens with one attached hydrogen (secondary N) is 6. The van der Waals surface area contributed by atoms with E-state index >= 15 is 0 Å². The summed E-state index contributed by atoms with van der Waals surface area (Å²) in [7, 11) is 0. The van der Waals surface area contributed by atoms with Gasteiger partial charge in [-0.2, -0.15) is 0 Å². The van der Waals surface area contributed by atoms with Crippen LogP contribution in [0.1, 0.15) is 80.5 Å². The lowest BCUT2D eigenvalue weighted by atomic mass is 9.85. The van der Waals surface area contributed by atoms with E-state index in [-0.39, 0.29) is 42.6 Å². The van der Waals surface area contributed by atoms with Crippen molar-refractivity contribution in [1.29, 1.82) is 0 Å². The minimum atomic E-state index is -0.811. The molecule has 3 heterocycles. The molecule has 17 nitrogen and oxygen atoms in total. The molecule has 2 aliphatic rings. The number of likely N-dealkylation sites (tertiary alicyclic amines) is 1. The number of anilines is 2. The summed E-state index contributed by atoms with van der Waals surface area (Å²) in [6, 6.07) is 29.8. The van der Waals surface area contributed by atoms with E-state index in [1.807, 2.05) is 125 Å². The van der Waals surface area contributed by atoms with Crippen LogP contribution in [0.15, 0.2) is 103 Å². The molecule has 2 atom stereocenters. The minimum absolute atomic E-state index is 0.0770. The summed E-state index contributed by atoms with van der Waals surface area (Å²) >= 11 is 1.60. The van der Waals surface area contributed by atoms with E-state index in [1.165, 1.54) is 0 Å². The molecule has 1 saturated heterocycles. The quantitative estimate of drug-likeness (QED) is 0.0180. The molecule has 5 aromatic rings. The smallest absolute Gasteiger partial charge is 0.296 e. The van der Waals surface area contributed by atoms with Gasteiger partial charge in [0.2, 0.25) is 17.7 Å². The van der Waals surface area contributed by atoms with Gasteiger partial charge in [-0.15, -0.1) is 11.3 Å². The van der Waals surface area contributed by atoms with Crippen LogP contribution in [0.5, 0.6) is 0 Å². The predicted octanol–water partition coefficient (Wildman–Crippen LogP) is 6.92. The molecule has 0 unspecified atom stereocenters. The fourth-order valence-electron chi connectivity index (χ4n) is 8.88. The third-order valence-electron chi connectivity index (χ3n) is 13.0. The normalized spacial score (nSPS) is 14.9. The van der Waals surface area contributed by atoms with E-state index in [0.29, 0.717) is 114 Å². The van der Waals surface area contributed by atoms with E-state index in [1.54, 1.807) is 28.4 Å². The van der Waals surface area contributed by atoms with Crippen LogP contribution in [0.2, 0.25) is 0 Å². The summed E-state index contributed by atoms with van der Waals surface area (Å²) in [6.07, 6.45) is 1.34. The number of fused-ring (bicyclic) bond motifs is 1. The van der Waals surface area contributed by atoms with E-state index in [9.17, 15) is 24.0 Å². The zero-order valence-electron chi connectivity index (χ0n) is 45.3. The molecule has 5 amide bonds. The molecular formula is C60H72N8O9S. The fraction of sp³-hybridized carbons (Fsp3) is 0.400. The highest BCUT2D eigenvalue weighted by molar-refractivity contribution is 7.13. The van der Waals surface area contributed by atoms with Gasteiger partial charge in [0, 0.05) is 61.9 Å². The molecule has 6 N–H and O–H groups in total. The lowest BCUT2D eigenvalue weighted by Gasteiger charge is -2.35. The van der Waals surface area contributed by atoms with Crippen molar-refractivity contribution in [2.45, 2.75) is 79.1 Å². The highest BCUT2D eigenvalue weighted by atomic mass is 32.1. The molecule has 18 heteroatoms. The van der Waals surface area contributed by atoms with Crippen LogP contribution in [0.25, 0.3) is 21.7 Å². The van der Waals surface area contributed by atoms with Crippen LogP contribution in [-0.2, 0) is 56.0 Å². The van der Waals surface area contributed by atoms with Crippen LogP contribution in [0.3, 0.4) is 0 Å². The zero-order valence-corrected chi connectivity index (χ0v) is 46.1. The Hall–Kier alpha value is -7.24. The second-order valence-electron chi connectivity index (χ2n) is 19.9. The first-order valence-corrected chi connectivity index (χ1v) is 27.5. The molecule has 0 aliphatic carbocycles. The lowest BCUT2D eigenvalue weighted by Crippen LogP contribution is -2.57. The second-order valence-corrected chi connectivity index (χ2v) is 20.7. The Balaban J connectivity index is 0.720. The Labute approximate surface area is 461 Å². The van der Waals surface area contributed by atoms with Gasteiger partial charge in [-0.25, -0.2) is 4.98 Å². The third-order valence-corrected chi connectivity index (χ3v) is 14.0. The number of carbonyl (C=O) groups is 5. The molecule has 78 heavy (non-hydrogen) atoms. The summed E-state index contributed by atoms with van der Waals surface area (Å²) in [5.41, 5.74) is 10.2. The van der Waals surface area contributed by atoms with Crippen molar-refractivity contribution in [2.75, 3.05) is 83.1 Å². The maximum atomic E-state index is 13.9. The number of nitrogens with zero attached hydrogens (tertiary/aromatic N) is 2. The Kier molecular flexibility index (Phi) is 22.1. The number of hydrogen-bond acceptors (Lipinski definition) is 13. The minimum Gasteiger partial charge on any atom is -0.379 e. The van der Waals surface area contributed by atoms with Crippen LogP contribution in [-0.4, -0.2) is 124 Å². The highest BCUT2D eigenvalue weighted by Crippen LogP contribution is 2.38. The molecule has 0 saturated carbocycles. The van der Waals surface area contributed by atoms with Crippen molar-refractivity contribution < 1.29 is 42.9 Å². The molecule has 0 spiro atoms. The van der Waals surface area contributed by atoms with Crippen molar-refractivity contribution in [3.05, 3.63) is 136 Å². The van der Waals surface area contributed by atoms with Crippen LogP contribution in [0, 0.1) is 24.2 Å². The number of ether oxygens (including phenoxy) is 4. The molecule has 412 valence electrons. The fourth-order valence-corrected chi connectivity index (χ4v) is 9.69. The van der Waals surface area contributed by atoms with E-state index in [4.69, 9.17) is 18.9 Å². The highest BCUT2D eigenvalue weighted by Gasteiger charge is 2.42. The maximum absolute atomic E-state index is 13.9. The molecule has 1 fully saturated rings. The number of carbonyl (C=O) groups excluding carboxylic acids is 5. The molecule has 2 aliphatic heterocycles. The van der Waals surface area contributed by atoms with Crippen LogP contribution >= 0.6 is 11.3 Å². The van der Waals surface area contributed by atoms with Gasteiger partial charge in [-0.3, -0.25) is 24.0 Å². The molecule has 7 rings (SSSR count). The van der Waals surface area contributed by atoms with Gasteiger partial charge in [0.1, 0.15) is 12.1 Å². The summed E-state index contributed by atoms with van der Waals surface area (Å²) in [6.45, 7) is 15.1. The summed E-state index contributed by atoms with van der Waals surface area (Å²) in [5, 5.41) is 18.5. The summed E-state index contributed by atoms with van der Waals surface area (Å²) < 4.78 is 22.6. The van der Waals surface area contributed by atoms with Crippen LogP contribution in [0.4, 0.5) is 11.4 Å². The van der Waals surface area contributed by atoms with Crippen molar-refractivity contribution in [3.63, 3.8) is 0 Å². The first-order valence-electron chi connectivity index (χ1n) is 26.6. The molecule has 0 bridgehead atoms. The Morgan fingerprint density at radius 3 is 2.15 bits per heavy atom. The second kappa shape index (κ2) is 29.5.